The van der Waals surface area contributed by atoms with E-state index >= 15 is 0 Å². The Labute approximate surface area is 94.7 Å². The quantitative estimate of drug-likeness (QED) is 0.485. The van der Waals surface area contributed by atoms with Crippen LogP contribution in [0.1, 0.15) is 15.9 Å². The van der Waals surface area contributed by atoms with Gasteiger partial charge in [0.25, 0.3) is 0 Å². The van der Waals surface area contributed by atoms with Crippen molar-refractivity contribution in [1.29, 1.82) is 5.41 Å². The number of carbonyl (C=O) groups is 1. The van der Waals surface area contributed by atoms with Crippen LogP contribution in [0, 0.1) is 5.41 Å². The fraction of sp³-hybridized carbons (Fsp3) is 0.100. The van der Waals surface area contributed by atoms with E-state index in [4.69, 9.17) is 5.41 Å². The van der Waals surface area contributed by atoms with E-state index in [1.54, 1.807) is 0 Å². The van der Waals surface area contributed by atoms with Gasteiger partial charge in [0.05, 0.1) is 17.6 Å². The highest BCUT2D eigenvalue weighted by molar-refractivity contribution is 5.84. The third-order valence-corrected chi connectivity index (χ3v) is 1.85. The van der Waals surface area contributed by atoms with Crippen molar-refractivity contribution >= 4 is 24.7 Å². The van der Waals surface area contributed by atoms with Gasteiger partial charge in [0.1, 0.15) is 12.6 Å². The molecule has 0 saturated carbocycles. The Bertz CT molecular complexity index is 455. The summed E-state index contributed by atoms with van der Waals surface area (Å²) in [7, 11) is 0. The molecule has 0 amide bonds. The minimum Gasteiger partial charge on any atom is -0.346 e. The summed E-state index contributed by atoms with van der Waals surface area (Å²) < 4.78 is 37.9. The lowest BCUT2D eigenvalue weighted by Crippen LogP contribution is -2.10. The van der Waals surface area contributed by atoms with Gasteiger partial charge in [-0.05, 0) is 18.2 Å². The van der Waals surface area contributed by atoms with Gasteiger partial charge in [-0.1, -0.05) is 0 Å². The van der Waals surface area contributed by atoms with Gasteiger partial charge < -0.3 is 5.32 Å². The Morgan fingerprint density at radius 1 is 1.35 bits per heavy atom. The molecule has 0 aliphatic heterocycles. The minimum absolute atomic E-state index is 0.0631. The van der Waals surface area contributed by atoms with E-state index in [9.17, 15) is 18.0 Å². The summed E-state index contributed by atoms with van der Waals surface area (Å²) in [5.41, 5.74) is -1.25. The molecular weight excluding hydrogens is 235 g/mol. The van der Waals surface area contributed by atoms with E-state index in [-0.39, 0.29) is 11.3 Å². The largest absolute Gasteiger partial charge is 0.418 e. The first kappa shape index (κ1) is 12.9. The SMILES string of the molecule is N=C/N=C\Nc1ccc(C=O)cc1C(F)(F)F. The second-order valence-corrected chi connectivity index (χ2v) is 2.97. The number of rotatable bonds is 4. The molecule has 0 heterocycles. The standard InChI is InChI=1S/C10H8F3N3O/c11-10(12,13)8-3-7(4-17)1-2-9(8)16-6-15-5-14/h1-6H,(H2,14,15,16). The van der Waals surface area contributed by atoms with E-state index in [0.29, 0.717) is 12.6 Å². The van der Waals surface area contributed by atoms with Crippen LogP contribution in [0.2, 0.25) is 0 Å². The van der Waals surface area contributed by atoms with Crippen molar-refractivity contribution in [1.82, 2.24) is 0 Å². The summed E-state index contributed by atoms with van der Waals surface area (Å²) in [6.07, 6.45) is -2.59. The van der Waals surface area contributed by atoms with Gasteiger partial charge in [0.2, 0.25) is 0 Å². The minimum atomic E-state index is -4.57. The number of hydrogen-bond donors (Lipinski definition) is 2. The number of hydrogen-bond acceptors (Lipinski definition) is 2. The maximum absolute atomic E-state index is 12.6. The van der Waals surface area contributed by atoms with Crippen molar-refractivity contribution in [3.05, 3.63) is 29.3 Å². The van der Waals surface area contributed by atoms with E-state index < -0.39 is 11.7 Å². The molecular formula is C10H8F3N3O. The molecule has 7 heteroatoms. The molecule has 0 aromatic heterocycles. The molecule has 0 aliphatic carbocycles. The lowest BCUT2D eigenvalue weighted by atomic mass is 10.1. The molecule has 90 valence electrons. The summed E-state index contributed by atoms with van der Waals surface area (Å²) in [5, 5.41) is 8.87. The van der Waals surface area contributed by atoms with Gasteiger partial charge in [-0.3, -0.25) is 10.2 Å². The van der Waals surface area contributed by atoms with Gasteiger partial charge in [-0.2, -0.15) is 13.2 Å². The number of carbonyl (C=O) groups excluding carboxylic acids is 1. The van der Waals surface area contributed by atoms with Gasteiger partial charge in [0, 0.05) is 5.56 Å². The van der Waals surface area contributed by atoms with Crippen LogP contribution >= 0.6 is 0 Å². The number of benzene rings is 1. The third kappa shape index (κ3) is 3.40. The maximum atomic E-state index is 12.6. The number of aliphatic imine (C=N–C) groups is 1. The van der Waals surface area contributed by atoms with Crippen LogP contribution in [-0.2, 0) is 6.18 Å². The van der Waals surface area contributed by atoms with Gasteiger partial charge in [0.15, 0.2) is 0 Å². The Morgan fingerprint density at radius 2 is 2.06 bits per heavy atom. The molecule has 2 N–H and O–H groups in total. The molecule has 1 aromatic carbocycles. The van der Waals surface area contributed by atoms with Gasteiger partial charge in [-0.25, -0.2) is 4.99 Å². The van der Waals surface area contributed by atoms with Crippen LogP contribution in [0.4, 0.5) is 18.9 Å². The van der Waals surface area contributed by atoms with E-state index in [2.05, 4.69) is 10.3 Å². The fourth-order valence-electron chi connectivity index (χ4n) is 1.14. The van der Waals surface area contributed by atoms with Crippen LogP contribution in [0.15, 0.2) is 23.2 Å². The van der Waals surface area contributed by atoms with Crippen molar-refractivity contribution in [3.63, 3.8) is 0 Å². The van der Waals surface area contributed by atoms with E-state index in [1.807, 2.05) is 0 Å². The first-order valence-electron chi connectivity index (χ1n) is 4.42. The lowest BCUT2D eigenvalue weighted by molar-refractivity contribution is -0.136. The summed E-state index contributed by atoms with van der Waals surface area (Å²) in [6, 6.07) is 3.12. The molecule has 0 spiro atoms. The first-order valence-corrected chi connectivity index (χ1v) is 4.42. The predicted octanol–water partition coefficient (Wildman–Crippen LogP) is 2.57. The van der Waals surface area contributed by atoms with Crippen molar-refractivity contribution in [2.75, 3.05) is 5.32 Å². The maximum Gasteiger partial charge on any atom is 0.418 e. The Hall–Kier alpha value is -2.18. The second kappa shape index (κ2) is 5.24. The average molecular weight is 243 g/mol. The number of aldehydes is 1. The second-order valence-electron chi connectivity index (χ2n) is 2.97. The van der Waals surface area contributed by atoms with Gasteiger partial charge in [-0.15, -0.1) is 0 Å². The first-order chi connectivity index (χ1) is 7.99. The molecule has 0 saturated heterocycles. The number of alkyl halides is 3. The summed E-state index contributed by atoms with van der Waals surface area (Å²) >= 11 is 0. The van der Waals surface area contributed by atoms with Crippen molar-refractivity contribution < 1.29 is 18.0 Å². The molecule has 0 bridgehead atoms. The number of anilines is 1. The van der Waals surface area contributed by atoms with Crippen LogP contribution in [0.5, 0.6) is 0 Å². The zero-order chi connectivity index (χ0) is 12.9. The highest BCUT2D eigenvalue weighted by Gasteiger charge is 2.33. The van der Waals surface area contributed by atoms with Crippen molar-refractivity contribution in [3.8, 4) is 0 Å². The van der Waals surface area contributed by atoms with Crippen LogP contribution in [0.25, 0.3) is 0 Å². The third-order valence-electron chi connectivity index (χ3n) is 1.85. The lowest BCUT2D eigenvalue weighted by Gasteiger charge is -2.12. The van der Waals surface area contributed by atoms with Gasteiger partial charge >= 0.3 is 6.18 Å². The zero-order valence-electron chi connectivity index (χ0n) is 8.45. The van der Waals surface area contributed by atoms with E-state index in [0.717, 1.165) is 18.5 Å². The Kier molecular flexibility index (Phi) is 3.97. The van der Waals surface area contributed by atoms with Crippen LogP contribution in [0.3, 0.4) is 0 Å². The van der Waals surface area contributed by atoms with Crippen LogP contribution < -0.4 is 5.32 Å². The molecule has 0 radical (unpaired) electrons. The molecule has 17 heavy (non-hydrogen) atoms. The molecule has 0 atom stereocenters. The smallest absolute Gasteiger partial charge is 0.346 e. The zero-order valence-corrected chi connectivity index (χ0v) is 8.45. The highest BCUT2D eigenvalue weighted by atomic mass is 19.4. The van der Waals surface area contributed by atoms with E-state index in [1.165, 1.54) is 6.07 Å². The highest BCUT2D eigenvalue weighted by Crippen LogP contribution is 2.35. The van der Waals surface area contributed by atoms with Crippen LogP contribution in [-0.4, -0.2) is 19.0 Å². The normalized spacial score (nSPS) is 11.5. The Morgan fingerprint density at radius 3 is 2.59 bits per heavy atom. The number of nitrogens with zero attached hydrogens (tertiary/aromatic N) is 1. The molecule has 1 rings (SSSR count). The number of halogens is 3. The molecule has 0 aliphatic rings. The summed E-state index contributed by atoms with van der Waals surface area (Å²) in [4.78, 5) is 13.7. The summed E-state index contributed by atoms with van der Waals surface area (Å²) in [6.45, 7) is 0. The Balaban J connectivity index is 3.15. The average Bonchev–Trinajstić information content (AvgIpc) is 2.28. The van der Waals surface area contributed by atoms with Crippen molar-refractivity contribution in [2.24, 2.45) is 4.99 Å². The molecule has 0 unspecified atom stereocenters. The van der Waals surface area contributed by atoms with Crippen molar-refractivity contribution in [2.45, 2.75) is 6.18 Å². The molecule has 4 nitrogen and oxygen atoms in total. The topological polar surface area (TPSA) is 65.3 Å². The fourth-order valence-corrected chi connectivity index (χ4v) is 1.14. The molecule has 0 fully saturated rings. The monoisotopic (exact) mass is 243 g/mol. The molecule has 1 aromatic rings. The predicted molar refractivity (Wildman–Crippen MR) is 57.7 cm³/mol. The summed E-state index contributed by atoms with van der Waals surface area (Å²) in [5.74, 6) is 0. The number of nitrogens with one attached hydrogen (secondary N) is 2.